The van der Waals surface area contributed by atoms with Gasteiger partial charge in [0, 0.05) is 12.3 Å². The lowest BCUT2D eigenvalue weighted by atomic mass is 10.2. The molecule has 3 aromatic heterocycles. The molecule has 0 bridgehead atoms. The Hall–Kier alpha value is -3.73. The van der Waals surface area contributed by atoms with Crippen LogP contribution in [0.2, 0.25) is 5.02 Å². The van der Waals surface area contributed by atoms with E-state index in [1.807, 2.05) is 0 Å². The van der Waals surface area contributed by atoms with Crippen LogP contribution in [-0.4, -0.2) is 29.7 Å². The van der Waals surface area contributed by atoms with Crippen LogP contribution in [0.25, 0.3) is 16.7 Å². The maximum atomic E-state index is 14.3. The summed E-state index contributed by atoms with van der Waals surface area (Å²) < 4.78 is 15.5. The van der Waals surface area contributed by atoms with E-state index in [4.69, 9.17) is 23.1 Å². The molecular weight excluding hydrogens is 401 g/mol. The van der Waals surface area contributed by atoms with Crippen LogP contribution < -0.4 is 22.3 Å². The number of nitrogens with zero attached hydrogens (tertiary/aromatic N) is 5. The normalized spacial score (nSPS) is 12.2. The second-order valence-electron chi connectivity index (χ2n) is 6.17. The predicted molar refractivity (Wildman–Crippen MR) is 107 cm³/mol. The van der Waals surface area contributed by atoms with Gasteiger partial charge in [-0.25, -0.2) is 13.9 Å². The molecule has 0 aliphatic heterocycles. The molecule has 4 rings (SSSR count). The Morgan fingerprint density at radius 1 is 1.24 bits per heavy atom. The van der Waals surface area contributed by atoms with Gasteiger partial charge in [0.2, 0.25) is 5.95 Å². The molecular formula is C17H15ClFN9O. The predicted octanol–water partition coefficient (Wildman–Crippen LogP) is 2.03. The monoisotopic (exact) mass is 415 g/mol. The van der Waals surface area contributed by atoms with Crippen LogP contribution >= 0.6 is 11.6 Å². The van der Waals surface area contributed by atoms with Gasteiger partial charge in [0.05, 0.1) is 11.6 Å². The first-order valence-corrected chi connectivity index (χ1v) is 8.81. The first-order valence-electron chi connectivity index (χ1n) is 8.43. The second kappa shape index (κ2) is 7.02. The highest BCUT2D eigenvalue weighted by Gasteiger charge is 2.22. The standard InChI is InChI=1S/C17H15ClFN9O/c1-7(23-14-12(18)13(20)25-17(21)26-14)15-24-9-4-2-3-8(19)11(9)16(29)28(15)10-5-6-22-27-10/h2-7H,1H3,(H,22,27)(H5,20,21,23,25,26)/t7-/m0/s1. The molecule has 0 saturated heterocycles. The number of rotatable bonds is 4. The minimum Gasteiger partial charge on any atom is -0.382 e. The van der Waals surface area contributed by atoms with E-state index in [-0.39, 0.29) is 45.2 Å². The van der Waals surface area contributed by atoms with E-state index in [9.17, 15) is 9.18 Å². The zero-order valence-corrected chi connectivity index (χ0v) is 15.8. The first kappa shape index (κ1) is 18.6. The number of nitrogens with two attached hydrogens (primary N) is 2. The van der Waals surface area contributed by atoms with E-state index in [2.05, 4.69) is 30.5 Å². The van der Waals surface area contributed by atoms with Gasteiger partial charge in [-0.15, -0.1) is 0 Å². The maximum absolute atomic E-state index is 14.3. The zero-order chi connectivity index (χ0) is 20.7. The third-order valence-electron chi connectivity index (χ3n) is 4.22. The van der Waals surface area contributed by atoms with Crippen molar-refractivity contribution >= 4 is 40.1 Å². The van der Waals surface area contributed by atoms with Crippen LogP contribution in [0.15, 0.2) is 35.3 Å². The van der Waals surface area contributed by atoms with Crippen LogP contribution in [0.1, 0.15) is 18.8 Å². The Balaban J connectivity index is 1.91. The summed E-state index contributed by atoms with van der Waals surface area (Å²) in [5, 5.41) is 9.62. The molecule has 0 aliphatic rings. The number of aromatic amines is 1. The van der Waals surface area contributed by atoms with Crippen molar-refractivity contribution in [2.45, 2.75) is 13.0 Å². The van der Waals surface area contributed by atoms with E-state index in [1.54, 1.807) is 19.1 Å². The molecule has 1 atom stereocenters. The molecule has 0 unspecified atom stereocenters. The van der Waals surface area contributed by atoms with Crippen LogP contribution in [0.4, 0.5) is 22.0 Å². The zero-order valence-electron chi connectivity index (χ0n) is 15.0. The Kier molecular flexibility index (Phi) is 4.51. The molecule has 0 fully saturated rings. The second-order valence-corrected chi connectivity index (χ2v) is 6.55. The van der Waals surface area contributed by atoms with Crippen molar-refractivity contribution in [2.24, 2.45) is 0 Å². The highest BCUT2D eigenvalue weighted by molar-refractivity contribution is 6.35. The Morgan fingerprint density at radius 3 is 2.76 bits per heavy atom. The van der Waals surface area contributed by atoms with Crippen molar-refractivity contribution in [3.63, 3.8) is 0 Å². The molecule has 0 amide bonds. The Bertz CT molecular complexity index is 1270. The molecule has 0 radical (unpaired) electrons. The van der Waals surface area contributed by atoms with Crippen LogP contribution in [0, 0.1) is 5.82 Å². The van der Waals surface area contributed by atoms with Gasteiger partial charge in [-0.1, -0.05) is 17.7 Å². The van der Waals surface area contributed by atoms with E-state index >= 15 is 0 Å². The first-order chi connectivity index (χ1) is 13.9. The third kappa shape index (κ3) is 3.21. The van der Waals surface area contributed by atoms with E-state index in [0.717, 1.165) is 0 Å². The number of aromatic nitrogens is 6. The van der Waals surface area contributed by atoms with Gasteiger partial charge in [-0.3, -0.25) is 9.89 Å². The maximum Gasteiger partial charge on any atom is 0.270 e. The molecule has 0 aliphatic carbocycles. The molecule has 4 aromatic rings. The number of anilines is 3. The van der Waals surface area contributed by atoms with E-state index in [1.165, 1.54) is 22.9 Å². The van der Waals surface area contributed by atoms with Gasteiger partial charge in [0.1, 0.15) is 27.9 Å². The third-order valence-corrected chi connectivity index (χ3v) is 4.60. The Labute approximate surface area is 167 Å². The number of fused-ring (bicyclic) bond motifs is 1. The number of nitrogens with one attached hydrogen (secondary N) is 2. The largest absolute Gasteiger partial charge is 0.382 e. The molecule has 148 valence electrons. The minimum atomic E-state index is -0.671. The summed E-state index contributed by atoms with van der Waals surface area (Å²) >= 11 is 6.16. The minimum absolute atomic E-state index is 0.00657. The lowest BCUT2D eigenvalue weighted by Gasteiger charge is -2.19. The van der Waals surface area contributed by atoms with Gasteiger partial charge in [-0.2, -0.15) is 15.1 Å². The van der Waals surface area contributed by atoms with Crippen LogP contribution in [0.3, 0.4) is 0 Å². The molecule has 29 heavy (non-hydrogen) atoms. The molecule has 0 spiro atoms. The average Bonchev–Trinajstić information content (AvgIpc) is 3.19. The summed E-state index contributed by atoms with van der Waals surface area (Å²) in [6, 6.07) is 5.19. The fourth-order valence-corrected chi connectivity index (χ4v) is 3.08. The van der Waals surface area contributed by atoms with Crippen molar-refractivity contribution in [2.75, 3.05) is 16.8 Å². The molecule has 3 heterocycles. The van der Waals surface area contributed by atoms with Crippen molar-refractivity contribution < 1.29 is 4.39 Å². The number of benzene rings is 1. The van der Waals surface area contributed by atoms with Gasteiger partial charge in [0.25, 0.3) is 5.56 Å². The fourth-order valence-electron chi connectivity index (χ4n) is 2.94. The molecule has 0 saturated carbocycles. The summed E-state index contributed by atoms with van der Waals surface area (Å²) in [5.74, 6) is -0.0507. The summed E-state index contributed by atoms with van der Waals surface area (Å²) in [5.41, 5.74) is 11.0. The highest BCUT2D eigenvalue weighted by Crippen LogP contribution is 2.29. The van der Waals surface area contributed by atoms with E-state index in [0.29, 0.717) is 0 Å². The van der Waals surface area contributed by atoms with Gasteiger partial charge in [-0.05, 0) is 19.1 Å². The Morgan fingerprint density at radius 2 is 2.03 bits per heavy atom. The summed E-state index contributed by atoms with van der Waals surface area (Å²) in [7, 11) is 0. The van der Waals surface area contributed by atoms with Crippen molar-refractivity contribution in [1.82, 2.24) is 29.7 Å². The van der Waals surface area contributed by atoms with Gasteiger partial charge >= 0.3 is 0 Å². The smallest absolute Gasteiger partial charge is 0.270 e. The number of hydrogen-bond acceptors (Lipinski definition) is 8. The molecule has 12 heteroatoms. The summed E-state index contributed by atoms with van der Waals surface area (Å²) in [4.78, 5) is 25.4. The van der Waals surface area contributed by atoms with Gasteiger partial charge in [0.15, 0.2) is 11.6 Å². The number of hydrogen-bond donors (Lipinski definition) is 4. The number of nitrogen functional groups attached to an aromatic ring is 2. The van der Waals surface area contributed by atoms with Crippen molar-refractivity contribution in [3.05, 3.63) is 57.5 Å². The SMILES string of the molecule is C[C@H](Nc1nc(N)nc(N)c1Cl)c1nc2cccc(F)c2c(=O)n1-c1cc[nH]n1. The van der Waals surface area contributed by atoms with Crippen molar-refractivity contribution in [3.8, 4) is 5.82 Å². The van der Waals surface area contributed by atoms with Crippen LogP contribution in [-0.2, 0) is 0 Å². The molecule has 10 nitrogen and oxygen atoms in total. The number of H-pyrrole nitrogens is 1. The molecule has 1 aromatic carbocycles. The summed E-state index contributed by atoms with van der Waals surface area (Å²) in [6.45, 7) is 1.72. The fraction of sp³-hybridized carbons (Fsp3) is 0.118. The number of halogens is 2. The topological polar surface area (TPSA) is 153 Å². The van der Waals surface area contributed by atoms with Gasteiger partial charge < -0.3 is 16.8 Å². The average molecular weight is 416 g/mol. The lowest BCUT2D eigenvalue weighted by Crippen LogP contribution is -2.28. The molecule has 6 N–H and O–H groups in total. The van der Waals surface area contributed by atoms with E-state index < -0.39 is 17.4 Å². The van der Waals surface area contributed by atoms with Crippen LogP contribution in [0.5, 0.6) is 0 Å². The quantitative estimate of drug-likeness (QED) is 0.394. The highest BCUT2D eigenvalue weighted by atomic mass is 35.5. The summed E-state index contributed by atoms with van der Waals surface area (Å²) in [6.07, 6.45) is 1.54. The van der Waals surface area contributed by atoms with Crippen molar-refractivity contribution in [1.29, 1.82) is 0 Å². The lowest BCUT2D eigenvalue weighted by molar-refractivity contribution is 0.634.